The van der Waals surface area contributed by atoms with Gasteiger partial charge in [0.15, 0.2) is 23.4 Å². The van der Waals surface area contributed by atoms with Crippen molar-refractivity contribution in [2.45, 2.75) is 38.1 Å². The molecule has 0 spiro atoms. The Bertz CT molecular complexity index is 887. The normalized spacial score (nSPS) is 24.9. The number of benzene rings is 1. The molecule has 0 bridgehead atoms. The fraction of sp³-hybridized carbons (Fsp3) is 0.409. The third-order valence-corrected chi connectivity index (χ3v) is 5.26. The summed E-state index contributed by atoms with van der Waals surface area (Å²) >= 11 is 0. The molecule has 0 radical (unpaired) electrons. The van der Waals surface area contributed by atoms with Crippen molar-refractivity contribution in [2.75, 3.05) is 7.11 Å². The van der Waals surface area contributed by atoms with Crippen molar-refractivity contribution < 1.29 is 38.8 Å². The summed E-state index contributed by atoms with van der Waals surface area (Å²) in [6, 6.07) is 4.10. The van der Waals surface area contributed by atoms with Crippen LogP contribution in [-0.2, 0) is 28.6 Å². The second kappa shape index (κ2) is 9.13. The molecule has 1 aromatic rings. The first kappa shape index (κ1) is 21.6. The Balaban J connectivity index is 1.52. The number of cyclic esters (lactones) is 1. The molecular weight excluding hydrogens is 392 g/mol. The predicted molar refractivity (Wildman–Crippen MR) is 105 cm³/mol. The van der Waals surface area contributed by atoms with E-state index in [1.807, 2.05) is 0 Å². The molecule has 1 aromatic carbocycles. The zero-order chi connectivity index (χ0) is 21.8. The highest BCUT2D eigenvalue weighted by molar-refractivity contribution is 5.93. The Morgan fingerprint density at radius 1 is 1.27 bits per heavy atom. The van der Waals surface area contributed by atoms with E-state index in [4.69, 9.17) is 14.2 Å². The number of rotatable bonds is 8. The van der Waals surface area contributed by atoms with Gasteiger partial charge in [0.25, 0.3) is 0 Å². The van der Waals surface area contributed by atoms with Crippen molar-refractivity contribution in [1.82, 2.24) is 0 Å². The van der Waals surface area contributed by atoms with E-state index in [1.165, 1.54) is 44.4 Å². The van der Waals surface area contributed by atoms with Gasteiger partial charge < -0.3 is 24.4 Å². The predicted octanol–water partition coefficient (Wildman–Crippen LogP) is 2.13. The molecule has 3 rings (SSSR count). The van der Waals surface area contributed by atoms with Gasteiger partial charge in [-0.25, -0.2) is 9.59 Å². The molecule has 1 fully saturated rings. The van der Waals surface area contributed by atoms with E-state index in [9.17, 15) is 24.6 Å². The number of hydrogen-bond donors (Lipinski definition) is 2. The maximum atomic E-state index is 12.6. The second-order valence-electron chi connectivity index (χ2n) is 7.38. The van der Waals surface area contributed by atoms with Crippen molar-refractivity contribution in [1.29, 1.82) is 0 Å². The smallest absolute Gasteiger partial charge is 0.331 e. The van der Waals surface area contributed by atoms with E-state index < -0.39 is 30.3 Å². The highest BCUT2D eigenvalue weighted by atomic mass is 16.6. The number of aromatic hydroxyl groups is 2. The molecule has 8 heteroatoms. The monoisotopic (exact) mass is 416 g/mol. The molecule has 2 N–H and O–H groups in total. The van der Waals surface area contributed by atoms with Gasteiger partial charge in [-0.15, -0.1) is 0 Å². The number of carbonyl (C=O) groups is 3. The molecule has 30 heavy (non-hydrogen) atoms. The van der Waals surface area contributed by atoms with Gasteiger partial charge in [0, 0.05) is 31.6 Å². The quantitative estimate of drug-likeness (QED) is 0.376. The van der Waals surface area contributed by atoms with Gasteiger partial charge in [0.1, 0.15) is 6.10 Å². The average Bonchev–Trinajstić information content (AvgIpc) is 3.49. The topological polar surface area (TPSA) is 119 Å². The summed E-state index contributed by atoms with van der Waals surface area (Å²) in [5.41, 5.74) is 0.488. The molecule has 0 unspecified atom stereocenters. The van der Waals surface area contributed by atoms with Crippen LogP contribution in [0.4, 0.5) is 0 Å². The van der Waals surface area contributed by atoms with Crippen LogP contribution < -0.4 is 0 Å². The van der Waals surface area contributed by atoms with E-state index in [0.717, 1.165) is 6.08 Å². The van der Waals surface area contributed by atoms with Crippen LogP contribution in [-0.4, -0.2) is 53.4 Å². The lowest BCUT2D eigenvalue weighted by Gasteiger charge is -2.27. The second-order valence-corrected chi connectivity index (χ2v) is 7.38. The minimum absolute atomic E-state index is 0.0940. The SMILES string of the molecule is CO[C@@H]([C@H]1C[C@@H]1C(=O)[C@@H](C)OC(=O)/C=C\c1ccc(O)c(O)c1)[C@H]1CC=CC(=O)O1. The number of hydrogen-bond acceptors (Lipinski definition) is 8. The lowest BCUT2D eigenvalue weighted by atomic mass is 10.0. The Morgan fingerprint density at radius 3 is 2.70 bits per heavy atom. The molecule has 1 aliphatic heterocycles. The largest absolute Gasteiger partial charge is 0.504 e. The minimum atomic E-state index is -0.934. The summed E-state index contributed by atoms with van der Waals surface area (Å²) in [6.45, 7) is 1.51. The maximum Gasteiger partial charge on any atom is 0.331 e. The van der Waals surface area contributed by atoms with Crippen LogP contribution in [0.25, 0.3) is 6.08 Å². The van der Waals surface area contributed by atoms with Crippen LogP contribution in [0.3, 0.4) is 0 Å². The lowest BCUT2D eigenvalue weighted by molar-refractivity contribution is -0.154. The van der Waals surface area contributed by atoms with Crippen LogP contribution in [0.15, 0.2) is 36.4 Å². The van der Waals surface area contributed by atoms with Gasteiger partial charge in [-0.2, -0.15) is 0 Å². The number of ether oxygens (including phenoxy) is 3. The van der Waals surface area contributed by atoms with Crippen LogP contribution in [0.2, 0.25) is 0 Å². The van der Waals surface area contributed by atoms with Crippen molar-refractivity contribution in [2.24, 2.45) is 11.8 Å². The minimum Gasteiger partial charge on any atom is -0.504 e. The number of phenolic OH excluding ortho intramolecular Hbond substituents is 2. The van der Waals surface area contributed by atoms with E-state index in [2.05, 4.69) is 0 Å². The van der Waals surface area contributed by atoms with Gasteiger partial charge in [0.05, 0.1) is 6.10 Å². The fourth-order valence-corrected chi connectivity index (χ4v) is 3.62. The molecule has 1 aliphatic carbocycles. The van der Waals surface area contributed by atoms with E-state index >= 15 is 0 Å². The van der Waals surface area contributed by atoms with Gasteiger partial charge in [-0.1, -0.05) is 12.1 Å². The summed E-state index contributed by atoms with van der Waals surface area (Å²) in [7, 11) is 1.52. The maximum absolute atomic E-state index is 12.6. The summed E-state index contributed by atoms with van der Waals surface area (Å²) in [4.78, 5) is 36.1. The van der Waals surface area contributed by atoms with E-state index in [0.29, 0.717) is 18.4 Å². The van der Waals surface area contributed by atoms with Crippen LogP contribution in [0.5, 0.6) is 11.5 Å². The number of esters is 2. The highest BCUT2D eigenvalue weighted by Gasteiger charge is 2.52. The first-order valence-corrected chi connectivity index (χ1v) is 9.64. The van der Waals surface area contributed by atoms with E-state index in [-0.39, 0.29) is 29.1 Å². The van der Waals surface area contributed by atoms with Gasteiger partial charge >= 0.3 is 11.9 Å². The van der Waals surface area contributed by atoms with Gasteiger partial charge in [-0.3, -0.25) is 4.79 Å². The van der Waals surface area contributed by atoms with Gasteiger partial charge in [0.2, 0.25) is 0 Å². The lowest BCUT2D eigenvalue weighted by Crippen LogP contribution is -2.37. The first-order valence-electron chi connectivity index (χ1n) is 9.64. The van der Waals surface area contributed by atoms with Crippen LogP contribution >= 0.6 is 0 Å². The van der Waals surface area contributed by atoms with Crippen LogP contribution in [0, 0.1) is 11.8 Å². The Hall–Kier alpha value is -3.13. The van der Waals surface area contributed by atoms with Crippen molar-refractivity contribution in [3.05, 3.63) is 42.0 Å². The number of phenols is 2. The van der Waals surface area contributed by atoms with Gasteiger partial charge in [-0.05, 0) is 43.0 Å². The zero-order valence-electron chi connectivity index (χ0n) is 16.7. The Labute approximate surface area is 173 Å². The zero-order valence-corrected chi connectivity index (χ0v) is 16.7. The molecule has 0 aromatic heterocycles. The first-order chi connectivity index (χ1) is 14.3. The number of carbonyl (C=O) groups excluding carboxylic acids is 3. The summed E-state index contributed by atoms with van der Waals surface area (Å²) < 4.78 is 16.0. The number of methoxy groups -OCH3 is 1. The third-order valence-electron chi connectivity index (χ3n) is 5.26. The van der Waals surface area contributed by atoms with Crippen molar-refractivity contribution >= 4 is 23.8 Å². The Kier molecular flexibility index (Phi) is 6.56. The molecule has 1 heterocycles. The molecule has 2 aliphatic rings. The third kappa shape index (κ3) is 5.07. The Morgan fingerprint density at radius 2 is 2.03 bits per heavy atom. The van der Waals surface area contributed by atoms with Crippen molar-refractivity contribution in [3.63, 3.8) is 0 Å². The average molecular weight is 416 g/mol. The number of Topliss-reactive ketones (excluding diaryl/α,β-unsaturated/α-hetero) is 1. The van der Waals surface area contributed by atoms with Crippen LogP contribution in [0.1, 0.15) is 25.3 Å². The standard InChI is InChI=1S/C22H24O8/c1-12(29-20(26)9-7-13-6-8-16(23)17(24)10-13)21(27)14-11-15(14)22(28-2)18-4-3-5-19(25)30-18/h3,5-10,12,14-15,18,22-24H,4,11H2,1-2H3/b9-7-/t12-,14+,15+,18-,22+/m1/s1. The fourth-order valence-electron chi connectivity index (χ4n) is 3.62. The molecule has 160 valence electrons. The molecular formula is C22H24O8. The summed E-state index contributed by atoms with van der Waals surface area (Å²) in [5.74, 6) is -2.31. The number of ketones is 1. The summed E-state index contributed by atoms with van der Waals surface area (Å²) in [6.07, 6.45) is 5.01. The summed E-state index contributed by atoms with van der Waals surface area (Å²) in [5, 5.41) is 18.8. The molecule has 1 saturated carbocycles. The molecule has 0 saturated heterocycles. The molecule has 0 amide bonds. The highest BCUT2D eigenvalue weighted by Crippen LogP contribution is 2.46. The molecule has 8 nitrogen and oxygen atoms in total. The van der Waals surface area contributed by atoms with Crippen molar-refractivity contribution in [3.8, 4) is 11.5 Å². The van der Waals surface area contributed by atoms with E-state index in [1.54, 1.807) is 6.08 Å². The molecule has 5 atom stereocenters.